The Bertz CT molecular complexity index is 897. The van der Waals surface area contributed by atoms with Crippen molar-refractivity contribution in [1.29, 1.82) is 0 Å². The first-order valence-electron chi connectivity index (χ1n) is 8.48. The van der Waals surface area contributed by atoms with Gasteiger partial charge in [-0.25, -0.2) is 4.98 Å². The first kappa shape index (κ1) is 15.2. The lowest BCUT2D eigenvalue weighted by atomic mass is 10.1. The van der Waals surface area contributed by atoms with E-state index in [4.69, 9.17) is 4.74 Å². The maximum atomic E-state index is 5.35. The Balaban J connectivity index is 1.69. The fourth-order valence-electron chi connectivity index (χ4n) is 3.82. The van der Waals surface area contributed by atoms with Gasteiger partial charge in [0.15, 0.2) is 0 Å². The van der Waals surface area contributed by atoms with Gasteiger partial charge < -0.3 is 14.6 Å². The molecule has 1 N–H and O–H groups in total. The molecule has 0 fully saturated rings. The van der Waals surface area contributed by atoms with E-state index in [1.807, 2.05) is 19.4 Å². The molecule has 0 spiro atoms. The first-order valence-corrected chi connectivity index (χ1v) is 8.48. The zero-order valence-corrected chi connectivity index (χ0v) is 14.5. The van der Waals surface area contributed by atoms with Gasteiger partial charge in [-0.1, -0.05) is 12.1 Å². The fourth-order valence-corrected chi connectivity index (χ4v) is 3.82. The zero-order valence-electron chi connectivity index (χ0n) is 14.5. The third-order valence-corrected chi connectivity index (χ3v) is 5.12. The van der Waals surface area contributed by atoms with Gasteiger partial charge in [0, 0.05) is 12.6 Å². The Labute approximate surface area is 142 Å². The molecule has 4 nitrogen and oxygen atoms in total. The summed E-state index contributed by atoms with van der Waals surface area (Å²) in [6.07, 6.45) is 4.27. The molecule has 4 rings (SSSR count). The number of imidazole rings is 1. The van der Waals surface area contributed by atoms with E-state index in [0.29, 0.717) is 6.04 Å². The van der Waals surface area contributed by atoms with Crippen LogP contribution in [0.2, 0.25) is 0 Å². The third kappa shape index (κ3) is 2.47. The predicted octanol–water partition coefficient (Wildman–Crippen LogP) is 3.61. The quantitative estimate of drug-likeness (QED) is 0.798. The Kier molecular flexibility index (Phi) is 3.77. The number of hydrogen-bond donors (Lipinski definition) is 1. The molecule has 1 heterocycles. The van der Waals surface area contributed by atoms with Crippen LogP contribution in [0.3, 0.4) is 0 Å². The van der Waals surface area contributed by atoms with Gasteiger partial charge in [-0.3, -0.25) is 0 Å². The normalized spacial score (nSPS) is 16.5. The van der Waals surface area contributed by atoms with Crippen LogP contribution in [0.25, 0.3) is 11.0 Å². The first-order chi connectivity index (χ1) is 11.7. The topological polar surface area (TPSA) is 39.1 Å². The second-order valence-electron chi connectivity index (χ2n) is 6.60. The van der Waals surface area contributed by atoms with Crippen LogP contribution in [-0.4, -0.2) is 23.7 Å². The van der Waals surface area contributed by atoms with Gasteiger partial charge in [0.2, 0.25) is 0 Å². The molecule has 0 aliphatic heterocycles. The lowest BCUT2D eigenvalue weighted by molar-refractivity contribution is 0.411. The molecule has 0 unspecified atom stereocenters. The smallest absolute Gasteiger partial charge is 0.121 e. The SMILES string of the molecule is CN[C@H]1CCc2cc3c(cc21)ncn3Cc1ccc(OC)c(C)c1. The summed E-state index contributed by atoms with van der Waals surface area (Å²) in [5.74, 6) is 0.935. The molecule has 124 valence electrons. The van der Waals surface area contributed by atoms with E-state index in [2.05, 4.69) is 46.1 Å². The molecule has 1 aliphatic rings. The van der Waals surface area contributed by atoms with Crippen LogP contribution in [0.1, 0.15) is 34.7 Å². The van der Waals surface area contributed by atoms with Crippen molar-refractivity contribution in [2.45, 2.75) is 32.4 Å². The molecule has 4 heteroatoms. The van der Waals surface area contributed by atoms with E-state index >= 15 is 0 Å². The summed E-state index contributed by atoms with van der Waals surface area (Å²) in [5.41, 5.74) is 7.60. The van der Waals surface area contributed by atoms with Crippen LogP contribution in [0.4, 0.5) is 0 Å². The minimum absolute atomic E-state index is 0.471. The number of nitrogens with one attached hydrogen (secondary N) is 1. The van der Waals surface area contributed by atoms with Crippen molar-refractivity contribution in [2.24, 2.45) is 0 Å². The van der Waals surface area contributed by atoms with Gasteiger partial charge >= 0.3 is 0 Å². The summed E-state index contributed by atoms with van der Waals surface area (Å²) in [4.78, 5) is 4.63. The molecule has 2 aromatic carbocycles. The second kappa shape index (κ2) is 5.95. The summed E-state index contributed by atoms with van der Waals surface area (Å²) < 4.78 is 7.59. The van der Waals surface area contributed by atoms with E-state index in [9.17, 15) is 0 Å². The van der Waals surface area contributed by atoms with Crippen molar-refractivity contribution < 1.29 is 4.74 Å². The van der Waals surface area contributed by atoms with E-state index in [1.54, 1.807) is 7.11 Å². The van der Waals surface area contributed by atoms with Crippen molar-refractivity contribution in [3.8, 4) is 5.75 Å². The van der Waals surface area contributed by atoms with Gasteiger partial charge in [0.05, 0.1) is 24.5 Å². The second-order valence-corrected chi connectivity index (χ2v) is 6.60. The summed E-state index contributed by atoms with van der Waals surface area (Å²) >= 11 is 0. The highest BCUT2D eigenvalue weighted by Gasteiger charge is 2.22. The Morgan fingerprint density at radius 2 is 2.17 bits per heavy atom. The average molecular weight is 321 g/mol. The van der Waals surface area contributed by atoms with E-state index in [-0.39, 0.29) is 0 Å². The molecule has 0 bridgehead atoms. The van der Waals surface area contributed by atoms with E-state index < -0.39 is 0 Å². The van der Waals surface area contributed by atoms with Gasteiger partial charge in [-0.05, 0) is 67.3 Å². The Hall–Kier alpha value is -2.33. The Morgan fingerprint density at radius 3 is 2.92 bits per heavy atom. The highest BCUT2D eigenvalue weighted by atomic mass is 16.5. The van der Waals surface area contributed by atoms with Gasteiger partial charge in [-0.2, -0.15) is 0 Å². The summed E-state index contributed by atoms with van der Waals surface area (Å²) in [7, 11) is 3.75. The van der Waals surface area contributed by atoms with Crippen LogP contribution in [0.5, 0.6) is 5.75 Å². The highest BCUT2D eigenvalue weighted by molar-refractivity contribution is 5.78. The van der Waals surface area contributed by atoms with Crippen LogP contribution >= 0.6 is 0 Å². The monoisotopic (exact) mass is 321 g/mol. The fraction of sp³-hybridized carbons (Fsp3) is 0.350. The standard InChI is InChI=1S/C20H23N3O/c1-13-8-14(4-7-20(13)24-3)11-23-12-22-18-10-16-15(9-19(18)23)5-6-17(16)21-2/h4,7-10,12,17,21H,5-6,11H2,1-3H3/t17-/m0/s1. The molecular formula is C20H23N3O. The number of aromatic nitrogens is 2. The van der Waals surface area contributed by atoms with E-state index in [1.165, 1.54) is 28.6 Å². The average Bonchev–Trinajstić information content (AvgIpc) is 3.17. The Morgan fingerprint density at radius 1 is 1.29 bits per heavy atom. The summed E-state index contributed by atoms with van der Waals surface area (Å²) in [6.45, 7) is 2.91. The number of aryl methyl sites for hydroxylation is 2. The number of benzene rings is 2. The molecule has 0 radical (unpaired) electrons. The summed E-state index contributed by atoms with van der Waals surface area (Å²) in [6, 6.07) is 11.4. The predicted molar refractivity (Wildman–Crippen MR) is 96.7 cm³/mol. The van der Waals surface area contributed by atoms with Crippen molar-refractivity contribution >= 4 is 11.0 Å². The van der Waals surface area contributed by atoms with Crippen molar-refractivity contribution in [1.82, 2.24) is 14.9 Å². The van der Waals surface area contributed by atoms with Crippen molar-refractivity contribution in [2.75, 3.05) is 14.2 Å². The zero-order chi connectivity index (χ0) is 16.7. The van der Waals surface area contributed by atoms with Gasteiger partial charge in [-0.15, -0.1) is 0 Å². The molecule has 0 saturated carbocycles. The molecule has 3 aromatic rings. The van der Waals surface area contributed by atoms with Crippen LogP contribution < -0.4 is 10.1 Å². The van der Waals surface area contributed by atoms with Crippen molar-refractivity contribution in [3.05, 3.63) is 58.9 Å². The molecule has 0 saturated heterocycles. The van der Waals surface area contributed by atoms with Gasteiger partial charge in [0.25, 0.3) is 0 Å². The number of ether oxygens (including phenoxy) is 1. The maximum absolute atomic E-state index is 5.35. The van der Waals surface area contributed by atoms with Crippen molar-refractivity contribution in [3.63, 3.8) is 0 Å². The maximum Gasteiger partial charge on any atom is 0.121 e. The molecule has 1 aliphatic carbocycles. The largest absolute Gasteiger partial charge is 0.496 e. The third-order valence-electron chi connectivity index (χ3n) is 5.12. The number of hydrogen-bond acceptors (Lipinski definition) is 3. The van der Waals surface area contributed by atoms with Crippen LogP contribution in [-0.2, 0) is 13.0 Å². The minimum Gasteiger partial charge on any atom is -0.496 e. The lowest BCUT2D eigenvalue weighted by Gasteiger charge is -2.11. The number of fused-ring (bicyclic) bond motifs is 2. The number of nitrogens with zero attached hydrogens (tertiary/aromatic N) is 2. The number of methoxy groups -OCH3 is 1. The van der Waals surface area contributed by atoms with E-state index in [0.717, 1.165) is 29.8 Å². The molecular weight excluding hydrogens is 298 g/mol. The molecule has 1 atom stereocenters. The lowest BCUT2D eigenvalue weighted by Crippen LogP contribution is -2.12. The molecule has 24 heavy (non-hydrogen) atoms. The molecule has 1 aromatic heterocycles. The van der Waals surface area contributed by atoms with Crippen LogP contribution in [0, 0.1) is 6.92 Å². The minimum atomic E-state index is 0.471. The number of rotatable bonds is 4. The van der Waals surface area contributed by atoms with Gasteiger partial charge in [0.1, 0.15) is 5.75 Å². The van der Waals surface area contributed by atoms with Crippen LogP contribution in [0.15, 0.2) is 36.7 Å². The summed E-state index contributed by atoms with van der Waals surface area (Å²) in [5, 5.41) is 3.40. The highest BCUT2D eigenvalue weighted by Crippen LogP contribution is 2.34. The molecule has 0 amide bonds.